The lowest BCUT2D eigenvalue weighted by Crippen LogP contribution is -2.43. The highest BCUT2D eigenvalue weighted by Gasteiger charge is 2.24. The molecule has 1 aliphatic rings. The predicted octanol–water partition coefficient (Wildman–Crippen LogP) is 1.96. The van der Waals surface area contributed by atoms with Gasteiger partial charge in [-0.3, -0.25) is 4.79 Å². The molecule has 25 heavy (non-hydrogen) atoms. The van der Waals surface area contributed by atoms with Crippen LogP contribution in [0, 0.1) is 0 Å². The number of hydrogen-bond donors (Lipinski definition) is 1. The Kier molecular flexibility index (Phi) is 8.34. The molecule has 0 aromatic heterocycles. The summed E-state index contributed by atoms with van der Waals surface area (Å²) in [6.45, 7) is 6.32. The first kappa shape index (κ1) is 21.9. The summed E-state index contributed by atoms with van der Waals surface area (Å²) in [7, 11) is -1.67. The highest BCUT2D eigenvalue weighted by atomic mass is 35.5. The van der Waals surface area contributed by atoms with E-state index >= 15 is 0 Å². The topological polar surface area (TPSA) is 69.7 Å². The summed E-state index contributed by atoms with van der Waals surface area (Å²) >= 11 is 0. The molecule has 0 unspecified atom stereocenters. The van der Waals surface area contributed by atoms with Gasteiger partial charge in [0, 0.05) is 31.7 Å². The monoisotopic (exact) mass is 389 g/mol. The van der Waals surface area contributed by atoms with Crippen LogP contribution in [0.4, 0.5) is 0 Å². The standard InChI is InChI=1S/C17H27N3O3S.ClH/c1-4-20(5-2)24(22,23)16-8-6-14(7-9-16)17(21)19(3)15-10-12-18-13-11-15;/h6-9,15,18H,4-5,10-13H2,1-3H3;1H. The predicted molar refractivity (Wildman–Crippen MR) is 102 cm³/mol. The molecule has 0 atom stereocenters. The number of carbonyl (C=O) groups is 1. The van der Waals surface area contributed by atoms with Crippen LogP contribution in [-0.4, -0.2) is 62.8 Å². The first-order valence-corrected chi connectivity index (χ1v) is 9.93. The van der Waals surface area contributed by atoms with E-state index in [1.54, 1.807) is 17.0 Å². The van der Waals surface area contributed by atoms with Crippen LogP contribution >= 0.6 is 12.4 Å². The van der Waals surface area contributed by atoms with Crippen molar-refractivity contribution in [3.05, 3.63) is 29.8 Å². The summed E-state index contributed by atoms with van der Waals surface area (Å²) in [5.41, 5.74) is 0.523. The zero-order valence-corrected chi connectivity index (χ0v) is 16.7. The summed E-state index contributed by atoms with van der Waals surface area (Å²) in [4.78, 5) is 14.6. The summed E-state index contributed by atoms with van der Waals surface area (Å²) in [5, 5.41) is 3.28. The molecule has 1 aromatic carbocycles. The molecule has 1 N–H and O–H groups in total. The Morgan fingerprint density at radius 2 is 1.64 bits per heavy atom. The fourth-order valence-electron chi connectivity index (χ4n) is 3.05. The molecule has 1 saturated heterocycles. The normalized spacial score (nSPS) is 15.7. The number of piperidine rings is 1. The van der Waals surface area contributed by atoms with Gasteiger partial charge in [-0.25, -0.2) is 8.42 Å². The number of hydrogen-bond acceptors (Lipinski definition) is 4. The number of carbonyl (C=O) groups excluding carboxylic acids is 1. The van der Waals surface area contributed by atoms with Crippen molar-refractivity contribution in [2.75, 3.05) is 33.2 Å². The Hall–Kier alpha value is -1.15. The zero-order valence-electron chi connectivity index (χ0n) is 15.1. The Balaban J connectivity index is 0.00000312. The fraction of sp³-hybridized carbons (Fsp3) is 0.588. The molecule has 1 amide bonds. The number of benzene rings is 1. The Morgan fingerprint density at radius 3 is 2.12 bits per heavy atom. The second-order valence-corrected chi connectivity index (χ2v) is 7.95. The lowest BCUT2D eigenvalue weighted by atomic mass is 10.0. The second-order valence-electron chi connectivity index (χ2n) is 6.01. The minimum atomic E-state index is -3.48. The molecule has 0 aliphatic carbocycles. The number of amides is 1. The maximum atomic E-state index is 12.6. The van der Waals surface area contributed by atoms with Crippen LogP contribution in [0.1, 0.15) is 37.0 Å². The van der Waals surface area contributed by atoms with Gasteiger partial charge in [-0.2, -0.15) is 4.31 Å². The van der Waals surface area contributed by atoms with Crippen LogP contribution < -0.4 is 5.32 Å². The van der Waals surface area contributed by atoms with Crippen LogP contribution in [0.2, 0.25) is 0 Å². The van der Waals surface area contributed by atoms with Crippen LogP contribution in [0.5, 0.6) is 0 Å². The van der Waals surface area contributed by atoms with E-state index in [0.717, 1.165) is 25.9 Å². The van der Waals surface area contributed by atoms with Gasteiger partial charge in [0.1, 0.15) is 0 Å². The minimum absolute atomic E-state index is 0. The summed E-state index contributed by atoms with van der Waals surface area (Å²) in [6.07, 6.45) is 1.88. The van der Waals surface area contributed by atoms with E-state index in [4.69, 9.17) is 0 Å². The zero-order chi connectivity index (χ0) is 17.7. The van der Waals surface area contributed by atoms with Crippen LogP contribution in [0.3, 0.4) is 0 Å². The lowest BCUT2D eigenvalue weighted by Gasteiger charge is -2.31. The molecule has 1 heterocycles. The molecule has 6 nitrogen and oxygen atoms in total. The van der Waals surface area contributed by atoms with E-state index in [-0.39, 0.29) is 29.3 Å². The quantitative estimate of drug-likeness (QED) is 0.807. The largest absolute Gasteiger partial charge is 0.339 e. The van der Waals surface area contributed by atoms with Crippen molar-refractivity contribution in [3.8, 4) is 0 Å². The van der Waals surface area contributed by atoms with Crippen molar-refractivity contribution in [1.29, 1.82) is 0 Å². The number of nitrogens with zero attached hydrogens (tertiary/aromatic N) is 2. The molecule has 0 spiro atoms. The molecule has 142 valence electrons. The fourth-order valence-corrected chi connectivity index (χ4v) is 4.50. The van der Waals surface area contributed by atoms with Gasteiger partial charge in [-0.1, -0.05) is 13.8 Å². The van der Waals surface area contributed by atoms with Gasteiger partial charge < -0.3 is 10.2 Å². The molecule has 2 rings (SSSR count). The number of sulfonamides is 1. The van der Waals surface area contributed by atoms with Crippen molar-refractivity contribution in [1.82, 2.24) is 14.5 Å². The molecule has 0 saturated carbocycles. The van der Waals surface area contributed by atoms with E-state index in [2.05, 4.69) is 5.32 Å². The summed E-state index contributed by atoms with van der Waals surface area (Å²) in [5.74, 6) is -0.0614. The molecular formula is C17H28ClN3O3S. The Labute approximate surface area is 157 Å². The van der Waals surface area contributed by atoms with E-state index in [1.165, 1.54) is 16.4 Å². The van der Waals surface area contributed by atoms with Gasteiger partial charge in [0.25, 0.3) is 5.91 Å². The van der Waals surface area contributed by atoms with Crippen molar-refractivity contribution < 1.29 is 13.2 Å². The molecular weight excluding hydrogens is 362 g/mol. The Morgan fingerprint density at radius 1 is 1.12 bits per heavy atom. The molecule has 0 radical (unpaired) electrons. The van der Waals surface area contributed by atoms with Gasteiger partial charge in [-0.15, -0.1) is 12.4 Å². The highest BCUT2D eigenvalue weighted by molar-refractivity contribution is 7.89. The number of halogens is 1. The van der Waals surface area contributed by atoms with Gasteiger partial charge in [0.05, 0.1) is 4.90 Å². The van der Waals surface area contributed by atoms with Gasteiger partial charge in [0.15, 0.2) is 0 Å². The van der Waals surface area contributed by atoms with Gasteiger partial charge in [-0.05, 0) is 50.2 Å². The average Bonchev–Trinajstić information content (AvgIpc) is 2.62. The van der Waals surface area contributed by atoms with Crippen LogP contribution in [-0.2, 0) is 10.0 Å². The van der Waals surface area contributed by atoms with E-state index in [9.17, 15) is 13.2 Å². The van der Waals surface area contributed by atoms with Crippen LogP contribution in [0.15, 0.2) is 29.2 Å². The smallest absolute Gasteiger partial charge is 0.253 e. The maximum absolute atomic E-state index is 12.6. The molecule has 0 bridgehead atoms. The van der Waals surface area contributed by atoms with Crippen LogP contribution in [0.25, 0.3) is 0 Å². The SMILES string of the molecule is CCN(CC)S(=O)(=O)c1ccc(C(=O)N(C)C2CCNCC2)cc1.Cl. The molecule has 1 aromatic rings. The second kappa shape index (κ2) is 9.52. The molecule has 8 heteroatoms. The first-order valence-electron chi connectivity index (χ1n) is 8.49. The van der Waals surface area contributed by atoms with E-state index < -0.39 is 10.0 Å². The summed E-state index contributed by atoms with van der Waals surface area (Å²) < 4.78 is 26.4. The number of nitrogens with one attached hydrogen (secondary N) is 1. The molecule has 1 fully saturated rings. The number of rotatable bonds is 6. The third-order valence-electron chi connectivity index (χ3n) is 4.62. The lowest BCUT2D eigenvalue weighted by molar-refractivity contribution is 0.0703. The average molecular weight is 390 g/mol. The van der Waals surface area contributed by atoms with E-state index in [0.29, 0.717) is 18.7 Å². The van der Waals surface area contributed by atoms with Crippen molar-refractivity contribution in [2.45, 2.75) is 37.6 Å². The highest BCUT2D eigenvalue weighted by Crippen LogP contribution is 2.18. The summed E-state index contributed by atoms with van der Waals surface area (Å²) in [6, 6.07) is 6.50. The van der Waals surface area contributed by atoms with Crippen molar-refractivity contribution >= 4 is 28.3 Å². The van der Waals surface area contributed by atoms with Crippen molar-refractivity contribution in [3.63, 3.8) is 0 Å². The third-order valence-corrected chi connectivity index (χ3v) is 6.69. The maximum Gasteiger partial charge on any atom is 0.253 e. The Bertz CT molecular complexity index is 654. The van der Waals surface area contributed by atoms with Crippen molar-refractivity contribution in [2.24, 2.45) is 0 Å². The van der Waals surface area contributed by atoms with Gasteiger partial charge in [0.2, 0.25) is 10.0 Å². The molecule has 1 aliphatic heterocycles. The van der Waals surface area contributed by atoms with Gasteiger partial charge >= 0.3 is 0 Å². The minimum Gasteiger partial charge on any atom is -0.339 e. The third kappa shape index (κ3) is 4.94. The van der Waals surface area contributed by atoms with E-state index in [1.807, 2.05) is 20.9 Å². The first-order chi connectivity index (χ1) is 11.4.